The lowest BCUT2D eigenvalue weighted by molar-refractivity contribution is 0.482. The number of hydrogen-bond donors (Lipinski definition) is 1. The quantitative estimate of drug-likeness (QED) is 0.874. The van der Waals surface area contributed by atoms with E-state index in [1.165, 1.54) is 5.56 Å². The fourth-order valence-electron chi connectivity index (χ4n) is 2.05. The highest BCUT2D eigenvalue weighted by atomic mass is 35.5. The molecule has 0 saturated carbocycles. The third-order valence-corrected chi connectivity index (χ3v) is 3.41. The van der Waals surface area contributed by atoms with E-state index >= 15 is 0 Å². The van der Waals surface area contributed by atoms with Gasteiger partial charge in [0.05, 0.1) is 5.02 Å². The third kappa shape index (κ3) is 3.99. The number of halogens is 1. The van der Waals surface area contributed by atoms with E-state index in [-0.39, 0.29) is 6.04 Å². The molecule has 2 aromatic rings. The molecule has 0 aliphatic rings. The Labute approximate surface area is 125 Å². The van der Waals surface area contributed by atoms with Crippen molar-refractivity contribution in [3.8, 4) is 11.5 Å². The molecule has 0 bridgehead atoms. The Balaban J connectivity index is 2.12. The second kappa shape index (κ2) is 6.78. The molecule has 1 unspecified atom stereocenters. The molecule has 2 N–H and O–H groups in total. The fourth-order valence-corrected chi connectivity index (χ4v) is 2.29. The summed E-state index contributed by atoms with van der Waals surface area (Å²) in [5.41, 5.74) is 8.20. The largest absolute Gasteiger partial charge is 0.456 e. The zero-order valence-corrected chi connectivity index (χ0v) is 12.7. The molecule has 2 rings (SSSR count). The van der Waals surface area contributed by atoms with Gasteiger partial charge in [0.25, 0.3) is 0 Å². The monoisotopic (exact) mass is 289 g/mol. The number of aryl methyl sites for hydroxylation is 1. The first-order chi connectivity index (χ1) is 9.58. The summed E-state index contributed by atoms with van der Waals surface area (Å²) in [6.07, 6.45) is 1.83. The van der Waals surface area contributed by atoms with E-state index in [1.807, 2.05) is 37.3 Å². The van der Waals surface area contributed by atoms with Gasteiger partial charge >= 0.3 is 0 Å². The van der Waals surface area contributed by atoms with E-state index in [1.54, 1.807) is 0 Å². The summed E-state index contributed by atoms with van der Waals surface area (Å²) in [4.78, 5) is 0. The van der Waals surface area contributed by atoms with Crippen molar-refractivity contribution in [2.24, 2.45) is 5.73 Å². The van der Waals surface area contributed by atoms with Gasteiger partial charge < -0.3 is 10.5 Å². The average Bonchev–Trinajstić information content (AvgIpc) is 2.42. The predicted octanol–water partition coefficient (Wildman–Crippen LogP) is 4.58. The molecule has 2 aromatic carbocycles. The SMILES string of the molecule is CCc1ccc(Oc2ccc(CC(C)N)cc2Cl)cc1. The summed E-state index contributed by atoms with van der Waals surface area (Å²) in [7, 11) is 0. The van der Waals surface area contributed by atoms with Crippen LogP contribution in [0, 0.1) is 0 Å². The van der Waals surface area contributed by atoms with Gasteiger partial charge in [-0.25, -0.2) is 0 Å². The molecule has 1 atom stereocenters. The minimum Gasteiger partial charge on any atom is -0.456 e. The van der Waals surface area contributed by atoms with E-state index < -0.39 is 0 Å². The van der Waals surface area contributed by atoms with Gasteiger partial charge in [0.1, 0.15) is 11.5 Å². The number of ether oxygens (including phenoxy) is 1. The van der Waals surface area contributed by atoms with Gasteiger partial charge in [-0.2, -0.15) is 0 Å². The molecule has 3 heteroatoms. The summed E-state index contributed by atoms with van der Waals surface area (Å²) in [6, 6.07) is 14.0. The molecule has 0 amide bonds. The highest BCUT2D eigenvalue weighted by Crippen LogP contribution is 2.30. The first-order valence-electron chi connectivity index (χ1n) is 6.89. The normalized spacial score (nSPS) is 12.2. The van der Waals surface area contributed by atoms with Gasteiger partial charge in [-0.15, -0.1) is 0 Å². The molecule has 0 spiro atoms. The number of rotatable bonds is 5. The molecule has 106 valence electrons. The van der Waals surface area contributed by atoms with E-state index in [0.29, 0.717) is 10.8 Å². The van der Waals surface area contributed by atoms with Crippen LogP contribution >= 0.6 is 11.6 Å². The minimum atomic E-state index is 0.124. The summed E-state index contributed by atoms with van der Waals surface area (Å²) in [5.74, 6) is 1.47. The van der Waals surface area contributed by atoms with Crippen LogP contribution in [0.4, 0.5) is 0 Å². The van der Waals surface area contributed by atoms with Gasteiger partial charge in [0.2, 0.25) is 0 Å². The summed E-state index contributed by atoms with van der Waals surface area (Å²) < 4.78 is 5.81. The van der Waals surface area contributed by atoms with E-state index in [4.69, 9.17) is 22.1 Å². The van der Waals surface area contributed by atoms with Gasteiger partial charge in [-0.05, 0) is 55.2 Å². The van der Waals surface area contributed by atoms with Crippen LogP contribution in [0.2, 0.25) is 5.02 Å². The first-order valence-corrected chi connectivity index (χ1v) is 7.27. The molecule has 2 nitrogen and oxygen atoms in total. The average molecular weight is 290 g/mol. The molecule has 0 saturated heterocycles. The Morgan fingerprint density at radius 2 is 1.75 bits per heavy atom. The fraction of sp³-hybridized carbons (Fsp3) is 0.294. The molecule has 0 heterocycles. The number of benzene rings is 2. The number of nitrogens with two attached hydrogens (primary N) is 1. The smallest absolute Gasteiger partial charge is 0.146 e. The molecule has 0 aromatic heterocycles. The van der Waals surface area contributed by atoms with Crippen LogP contribution in [0.15, 0.2) is 42.5 Å². The topological polar surface area (TPSA) is 35.2 Å². The zero-order valence-electron chi connectivity index (χ0n) is 11.9. The maximum Gasteiger partial charge on any atom is 0.146 e. The number of hydrogen-bond acceptors (Lipinski definition) is 2. The molecule has 0 fully saturated rings. The maximum atomic E-state index is 6.26. The van der Waals surface area contributed by atoms with Crippen LogP contribution < -0.4 is 10.5 Å². The lowest BCUT2D eigenvalue weighted by Gasteiger charge is -2.11. The van der Waals surface area contributed by atoms with Crippen molar-refractivity contribution in [3.63, 3.8) is 0 Å². The van der Waals surface area contributed by atoms with Crippen molar-refractivity contribution in [1.82, 2.24) is 0 Å². The van der Waals surface area contributed by atoms with Crippen LogP contribution in [0.25, 0.3) is 0 Å². The Bertz CT molecular complexity index is 564. The molecule has 0 aliphatic heterocycles. The van der Waals surface area contributed by atoms with Crippen molar-refractivity contribution in [1.29, 1.82) is 0 Å². The van der Waals surface area contributed by atoms with Crippen molar-refractivity contribution in [3.05, 3.63) is 58.6 Å². The lowest BCUT2D eigenvalue weighted by atomic mass is 10.1. The second-order valence-electron chi connectivity index (χ2n) is 5.05. The van der Waals surface area contributed by atoms with E-state index in [2.05, 4.69) is 19.1 Å². The molecule has 20 heavy (non-hydrogen) atoms. The van der Waals surface area contributed by atoms with Crippen LogP contribution in [0.3, 0.4) is 0 Å². The molecular formula is C17H20ClNO. The van der Waals surface area contributed by atoms with Crippen LogP contribution in [-0.4, -0.2) is 6.04 Å². The van der Waals surface area contributed by atoms with Crippen molar-refractivity contribution < 1.29 is 4.74 Å². The van der Waals surface area contributed by atoms with Gasteiger partial charge in [0, 0.05) is 6.04 Å². The Hall–Kier alpha value is -1.51. The lowest BCUT2D eigenvalue weighted by Crippen LogP contribution is -2.17. The minimum absolute atomic E-state index is 0.124. The third-order valence-electron chi connectivity index (χ3n) is 3.11. The highest BCUT2D eigenvalue weighted by molar-refractivity contribution is 6.32. The summed E-state index contributed by atoms with van der Waals surface area (Å²) >= 11 is 6.26. The molecule has 0 radical (unpaired) electrons. The second-order valence-corrected chi connectivity index (χ2v) is 5.45. The summed E-state index contributed by atoms with van der Waals surface area (Å²) in [6.45, 7) is 4.11. The highest BCUT2D eigenvalue weighted by Gasteiger charge is 2.06. The predicted molar refractivity (Wildman–Crippen MR) is 84.7 cm³/mol. The zero-order chi connectivity index (χ0) is 14.5. The Morgan fingerprint density at radius 3 is 2.30 bits per heavy atom. The maximum absolute atomic E-state index is 6.26. The van der Waals surface area contributed by atoms with Crippen molar-refractivity contribution in [2.45, 2.75) is 32.7 Å². The first kappa shape index (κ1) is 14.9. The standard InChI is InChI=1S/C17H20ClNO/c1-3-13-4-7-15(8-5-13)20-17-9-6-14(10-12(2)19)11-16(17)18/h4-9,11-12H,3,10,19H2,1-2H3. The van der Waals surface area contributed by atoms with E-state index in [0.717, 1.165) is 24.2 Å². The van der Waals surface area contributed by atoms with Crippen LogP contribution in [-0.2, 0) is 12.8 Å². The molecule has 0 aliphatic carbocycles. The van der Waals surface area contributed by atoms with Crippen molar-refractivity contribution in [2.75, 3.05) is 0 Å². The van der Waals surface area contributed by atoms with Gasteiger partial charge in [-0.3, -0.25) is 0 Å². The van der Waals surface area contributed by atoms with Gasteiger partial charge in [-0.1, -0.05) is 36.7 Å². The Morgan fingerprint density at radius 1 is 1.10 bits per heavy atom. The summed E-state index contributed by atoms with van der Waals surface area (Å²) in [5, 5.41) is 0.614. The van der Waals surface area contributed by atoms with Crippen LogP contribution in [0.5, 0.6) is 11.5 Å². The molecular weight excluding hydrogens is 270 g/mol. The van der Waals surface area contributed by atoms with Gasteiger partial charge in [0.15, 0.2) is 0 Å². The van der Waals surface area contributed by atoms with E-state index in [9.17, 15) is 0 Å². The Kier molecular flexibility index (Phi) is 5.05. The van der Waals surface area contributed by atoms with Crippen LogP contribution in [0.1, 0.15) is 25.0 Å². The van der Waals surface area contributed by atoms with Crippen molar-refractivity contribution >= 4 is 11.6 Å².